The van der Waals surface area contributed by atoms with Gasteiger partial charge >= 0.3 is 0 Å². The second-order valence-electron chi connectivity index (χ2n) is 4.66. The molecule has 21 heavy (non-hydrogen) atoms. The van der Waals surface area contributed by atoms with Gasteiger partial charge in [0.2, 0.25) is 0 Å². The van der Waals surface area contributed by atoms with Crippen molar-refractivity contribution in [3.63, 3.8) is 0 Å². The predicted octanol–water partition coefficient (Wildman–Crippen LogP) is 4.25. The van der Waals surface area contributed by atoms with Crippen LogP contribution in [-0.4, -0.2) is 12.0 Å². The van der Waals surface area contributed by atoms with E-state index in [0.29, 0.717) is 17.4 Å². The van der Waals surface area contributed by atoms with Crippen molar-refractivity contribution in [1.82, 2.24) is 10.3 Å². The lowest BCUT2D eigenvalue weighted by Crippen LogP contribution is -2.05. The molecule has 1 heterocycles. The van der Waals surface area contributed by atoms with Crippen LogP contribution in [0.25, 0.3) is 10.2 Å². The number of rotatable bonds is 5. The van der Waals surface area contributed by atoms with Gasteiger partial charge in [-0.2, -0.15) is 0 Å². The van der Waals surface area contributed by atoms with Gasteiger partial charge in [-0.3, -0.25) is 0 Å². The fourth-order valence-electron chi connectivity index (χ4n) is 2.10. The van der Waals surface area contributed by atoms with Gasteiger partial charge in [-0.05, 0) is 36.9 Å². The van der Waals surface area contributed by atoms with Gasteiger partial charge in [0.25, 0.3) is 0 Å². The summed E-state index contributed by atoms with van der Waals surface area (Å²) in [7, 11) is 1.91. The van der Waals surface area contributed by atoms with E-state index in [4.69, 9.17) is 16.3 Å². The highest BCUT2D eigenvalue weighted by atomic mass is 35.5. The van der Waals surface area contributed by atoms with E-state index in [-0.39, 0.29) is 0 Å². The van der Waals surface area contributed by atoms with Crippen LogP contribution in [0.5, 0.6) is 5.75 Å². The summed E-state index contributed by atoms with van der Waals surface area (Å²) in [4.78, 5) is 4.54. The molecular formula is C16H15ClN2OS. The fraction of sp³-hybridized carbons (Fsp3) is 0.188. The van der Waals surface area contributed by atoms with Crippen LogP contribution in [0.2, 0.25) is 5.02 Å². The Kier molecular flexibility index (Phi) is 4.39. The SMILES string of the molecule is CNCc1ccc(OCc2nc3ccccc3s2)c(Cl)c1. The topological polar surface area (TPSA) is 34.1 Å². The molecule has 3 aromatic rings. The molecule has 0 aliphatic carbocycles. The smallest absolute Gasteiger partial charge is 0.140 e. The van der Waals surface area contributed by atoms with Gasteiger partial charge in [0, 0.05) is 6.54 Å². The minimum Gasteiger partial charge on any atom is -0.485 e. The molecule has 1 N–H and O–H groups in total. The molecule has 0 radical (unpaired) electrons. The molecule has 0 fully saturated rings. The number of hydrogen-bond donors (Lipinski definition) is 1. The summed E-state index contributed by atoms with van der Waals surface area (Å²) >= 11 is 7.88. The number of para-hydroxylation sites is 1. The maximum Gasteiger partial charge on any atom is 0.140 e. The molecule has 0 saturated heterocycles. The van der Waals surface area contributed by atoms with Crippen LogP contribution in [0.4, 0.5) is 0 Å². The highest BCUT2D eigenvalue weighted by Gasteiger charge is 2.07. The zero-order valence-electron chi connectivity index (χ0n) is 11.6. The van der Waals surface area contributed by atoms with E-state index in [1.54, 1.807) is 11.3 Å². The van der Waals surface area contributed by atoms with E-state index in [9.17, 15) is 0 Å². The average Bonchev–Trinajstić information content (AvgIpc) is 2.89. The van der Waals surface area contributed by atoms with Gasteiger partial charge in [0.15, 0.2) is 0 Å². The Hall–Kier alpha value is -1.62. The number of benzene rings is 2. The molecule has 0 saturated carbocycles. The zero-order valence-corrected chi connectivity index (χ0v) is 13.2. The molecule has 108 valence electrons. The van der Waals surface area contributed by atoms with Crippen LogP contribution >= 0.6 is 22.9 Å². The van der Waals surface area contributed by atoms with Crippen LogP contribution in [0.1, 0.15) is 10.6 Å². The molecule has 0 spiro atoms. The third kappa shape index (κ3) is 3.35. The third-order valence-electron chi connectivity index (χ3n) is 3.07. The molecular weight excluding hydrogens is 304 g/mol. The Balaban J connectivity index is 1.72. The normalized spacial score (nSPS) is 11.0. The predicted molar refractivity (Wildman–Crippen MR) is 88.2 cm³/mol. The van der Waals surface area contributed by atoms with Crippen molar-refractivity contribution in [2.24, 2.45) is 0 Å². The van der Waals surface area contributed by atoms with Crippen molar-refractivity contribution in [2.45, 2.75) is 13.2 Å². The highest BCUT2D eigenvalue weighted by molar-refractivity contribution is 7.18. The monoisotopic (exact) mass is 318 g/mol. The summed E-state index contributed by atoms with van der Waals surface area (Å²) < 4.78 is 6.95. The van der Waals surface area contributed by atoms with E-state index in [1.807, 2.05) is 43.4 Å². The van der Waals surface area contributed by atoms with Crippen molar-refractivity contribution in [2.75, 3.05) is 7.05 Å². The van der Waals surface area contributed by atoms with Crippen molar-refractivity contribution < 1.29 is 4.74 Å². The Labute approximate surface area is 132 Å². The summed E-state index contributed by atoms with van der Waals surface area (Å²) in [5, 5.41) is 4.67. The standard InChI is InChI=1S/C16H15ClN2OS/c1-18-9-11-6-7-14(12(17)8-11)20-10-16-19-13-4-2-3-5-15(13)21-16/h2-8,18H,9-10H2,1H3. The van der Waals surface area contributed by atoms with Gasteiger partial charge in [-0.15, -0.1) is 11.3 Å². The number of aromatic nitrogens is 1. The lowest BCUT2D eigenvalue weighted by molar-refractivity contribution is 0.306. The minimum absolute atomic E-state index is 0.435. The quantitative estimate of drug-likeness (QED) is 0.763. The van der Waals surface area contributed by atoms with E-state index in [0.717, 1.165) is 22.6 Å². The first-order valence-corrected chi connectivity index (χ1v) is 7.86. The van der Waals surface area contributed by atoms with Gasteiger partial charge in [-0.25, -0.2) is 4.98 Å². The molecule has 0 unspecified atom stereocenters. The fourth-order valence-corrected chi connectivity index (χ4v) is 3.23. The average molecular weight is 319 g/mol. The van der Waals surface area contributed by atoms with Gasteiger partial charge < -0.3 is 10.1 Å². The minimum atomic E-state index is 0.435. The number of fused-ring (bicyclic) bond motifs is 1. The number of nitrogens with one attached hydrogen (secondary N) is 1. The van der Waals surface area contributed by atoms with E-state index >= 15 is 0 Å². The van der Waals surface area contributed by atoms with Crippen molar-refractivity contribution >= 4 is 33.2 Å². The maximum absolute atomic E-state index is 6.24. The first kappa shape index (κ1) is 14.3. The van der Waals surface area contributed by atoms with Crippen molar-refractivity contribution in [1.29, 1.82) is 0 Å². The van der Waals surface area contributed by atoms with Gasteiger partial charge in [0.05, 0.1) is 15.2 Å². The van der Waals surface area contributed by atoms with Crippen LogP contribution in [0.15, 0.2) is 42.5 Å². The molecule has 3 rings (SSSR count). The first-order chi connectivity index (χ1) is 10.3. The number of hydrogen-bond acceptors (Lipinski definition) is 4. The summed E-state index contributed by atoms with van der Waals surface area (Å²) in [6.45, 7) is 1.22. The van der Waals surface area contributed by atoms with E-state index < -0.39 is 0 Å². The van der Waals surface area contributed by atoms with Crippen molar-refractivity contribution in [3.8, 4) is 5.75 Å². The molecule has 0 amide bonds. The molecule has 2 aromatic carbocycles. The van der Waals surface area contributed by atoms with Crippen LogP contribution in [-0.2, 0) is 13.2 Å². The molecule has 1 aromatic heterocycles. The second kappa shape index (κ2) is 6.43. The van der Waals surface area contributed by atoms with Crippen LogP contribution in [0.3, 0.4) is 0 Å². The molecule has 0 aliphatic heterocycles. The number of ether oxygens (including phenoxy) is 1. The molecule has 0 aliphatic rings. The Bertz CT molecular complexity index is 724. The summed E-state index contributed by atoms with van der Waals surface area (Å²) in [5.74, 6) is 0.691. The number of nitrogens with zero attached hydrogens (tertiary/aromatic N) is 1. The largest absolute Gasteiger partial charge is 0.485 e. The molecule has 0 bridgehead atoms. The Morgan fingerprint density at radius 1 is 1.24 bits per heavy atom. The number of thiazole rings is 1. The number of halogens is 1. The molecule has 5 heteroatoms. The lowest BCUT2D eigenvalue weighted by Gasteiger charge is -2.08. The first-order valence-electron chi connectivity index (χ1n) is 6.66. The molecule has 0 atom stereocenters. The molecule has 3 nitrogen and oxygen atoms in total. The summed E-state index contributed by atoms with van der Waals surface area (Å²) in [5.41, 5.74) is 2.14. The van der Waals surface area contributed by atoms with E-state index in [1.165, 1.54) is 4.70 Å². The zero-order chi connectivity index (χ0) is 14.7. The van der Waals surface area contributed by atoms with Crippen molar-refractivity contribution in [3.05, 3.63) is 58.1 Å². The van der Waals surface area contributed by atoms with E-state index in [2.05, 4.69) is 16.4 Å². The third-order valence-corrected chi connectivity index (χ3v) is 4.37. The summed E-state index contributed by atoms with van der Waals surface area (Å²) in [6, 6.07) is 13.9. The highest BCUT2D eigenvalue weighted by Crippen LogP contribution is 2.28. The second-order valence-corrected chi connectivity index (χ2v) is 6.18. The van der Waals surface area contributed by atoms with Gasteiger partial charge in [-0.1, -0.05) is 29.8 Å². The van der Waals surface area contributed by atoms with Crippen LogP contribution in [0, 0.1) is 0 Å². The lowest BCUT2D eigenvalue weighted by atomic mass is 10.2. The van der Waals surface area contributed by atoms with Gasteiger partial charge in [0.1, 0.15) is 17.4 Å². The Morgan fingerprint density at radius 3 is 2.86 bits per heavy atom. The maximum atomic E-state index is 6.24. The van der Waals surface area contributed by atoms with Crippen LogP contribution < -0.4 is 10.1 Å². The summed E-state index contributed by atoms with van der Waals surface area (Å²) in [6.07, 6.45) is 0. The Morgan fingerprint density at radius 2 is 2.10 bits per heavy atom.